The van der Waals surface area contributed by atoms with Gasteiger partial charge in [0.1, 0.15) is 5.75 Å². The van der Waals surface area contributed by atoms with Crippen LogP contribution in [0.25, 0.3) is 10.8 Å². The molecule has 0 saturated carbocycles. The minimum Gasteiger partial charge on any atom is -0.480 e. The van der Waals surface area contributed by atoms with Crippen LogP contribution < -0.4 is 4.52 Å². The molecule has 1 unspecified atom stereocenters. The predicted octanol–water partition coefficient (Wildman–Crippen LogP) is 4.34. The van der Waals surface area contributed by atoms with Crippen molar-refractivity contribution in [3.05, 3.63) is 42.0 Å². The van der Waals surface area contributed by atoms with Gasteiger partial charge in [-0.3, -0.25) is 0 Å². The number of rotatable bonds is 1. The highest BCUT2D eigenvalue weighted by atomic mass is 31.0. The summed E-state index contributed by atoms with van der Waals surface area (Å²) in [4.78, 5) is 0. The van der Waals surface area contributed by atoms with Crippen LogP contribution in [-0.2, 0) is 0 Å². The van der Waals surface area contributed by atoms with Crippen LogP contribution in [-0.4, -0.2) is 0 Å². The molecule has 0 fully saturated rings. The highest BCUT2D eigenvalue weighted by Gasteiger charge is 2.01. The van der Waals surface area contributed by atoms with E-state index >= 15 is 0 Å². The average Bonchev–Trinajstić information content (AvgIpc) is 2.33. The first-order valence-electron chi connectivity index (χ1n) is 5.18. The van der Waals surface area contributed by atoms with Crippen LogP contribution in [0, 0.1) is 6.92 Å². The van der Waals surface area contributed by atoms with E-state index in [1.54, 1.807) is 0 Å². The summed E-state index contributed by atoms with van der Waals surface area (Å²) in [5, 5.41) is 2.42. The fourth-order valence-corrected chi connectivity index (χ4v) is 1.73. The van der Waals surface area contributed by atoms with Crippen molar-refractivity contribution in [3.63, 3.8) is 0 Å². The summed E-state index contributed by atoms with van der Waals surface area (Å²) < 4.78 is 5.20. The zero-order valence-corrected chi connectivity index (χ0v) is 10.6. The van der Waals surface area contributed by atoms with Crippen molar-refractivity contribution in [2.45, 2.75) is 20.8 Å². The quantitative estimate of drug-likeness (QED) is 0.649. The molecule has 2 aromatic rings. The summed E-state index contributed by atoms with van der Waals surface area (Å²) in [5.74, 6) is 0.909. The van der Waals surface area contributed by atoms with Gasteiger partial charge in [0.25, 0.3) is 0 Å². The van der Waals surface area contributed by atoms with Gasteiger partial charge >= 0.3 is 0 Å². The first-order valence-corrected chi connectivity index (χ1v) is 5.65. The minimum atomic E-state index is 0.909. The van der Waals surface area contributed by atoms with E-state index in [0.29, 0.717) is 0 Å². The van der Waals surface area contributed by atoms with Crippen LogP contribution in [0.4, 0.5) is 0 Å². The zero-order valence-electron chi connectivity index (χ0n) is 9.45. The van der Waals surface area contributed by atoms with Crippen LogP contribution in [0.15, 0.2) is 36.4 Å². The SMILES string of the molecule is CC.Cc1ccc(OP)c2ccccc12. The van der Waals surface area contributed by atoms with Gasteiger partial charge in [-0.1, -0.05) is 44.2 Å². The largest absolute Gasteiger partial charge is 0.480 e. The van der Waals surface area contributed by atoms with Gasteiger partial charge in [-0.2, -0.15) is 0 Å². The van der Waals surface area contributed by atoms with Gasteiger partial charge in [-0.25, -0.2) is 0 Å². The standard InChI is InChI=1S/C11H11OP.C2H6/c1-8-6-7-11(12-13)10-5-3-2-4-9(8)10;1-2/h2-7H,13H2,1H3;1-2H3. The molecule has 15 heavy (non-hydrogen) atoms. The monoisotopic (exact) mass is 220 g/mol. The molecular weight excluding hydrogens is 203 g/mol. The van der Waals surface area contributed by atoms with E-state index in [9.17, 15) is 0 Å². The third kappa shape index (κ3) is 2.49. The van der Waals surface area contributed by atoms with Gasteiger partial charge in [0.2, 0.25) is 0 Å². The fraction of sp³-hybridized carbons (Fsp3) is 0.231. The topological polar surface area (TPSA) is 9.23 Å². The molecule has 2 aromatic carbocycles. The molecule has 0 amide bonds. The molecule has 80 valence electrons. The number of hydrogen-bond acceptors (Lipinski definition) is 1. The van der Waals surface area contributed by atoms with Gasteiger partial charge in [0.15, 0.2) is 0 Å². The Morgan fingerprint density at radius 2 is 1.53 bits per heavy atom. The fourth-order valence-electron chi connectivity index (χ4n) is 1.52. The molecule has 1 atom stereocenters. The molecule has 0 aliphatic carbocycles. The van der Waals surface area contributed by atoms with Crippen molar-refractivity contribution >= 4 is 20.2 Å². The van der Waals surface area contributed by atoms with Crippen molar-refractivity contribution in [1.82, 2.24) is 0 Å². The summed E-state index contributed by atoms with van der Waals surface area (Å²) in [6, 6.07) is 12.3. The molecule has 0 aliphatic heterocycles. The lowest BCUT2D eigenvalue weighted by molar-refractivity contribution is 0.654. The molecule has 2 rings (SSSR count). The van der Waals surface area contributed by atoms with E-state index in [-0.39, 0.29) is 0 Å². The lowest BCUT2D eigenvalue weighted by Gasteiger charge is -2.06. The van der Waals surface area contributed by atoms with Crippen LogP contribution in [0.2, 0.25) is 0 Å². The van der Waals surface area contributed by atoms with Crippen LogP contribution in [0.5, 0.6) is 5.75 Å². The van der Waals surface area contributed by atoms with Crippen LogP contribution in [0.3, 0.4) is 0 Å². The van der Waals surface area contributed by atoms with Crippen LogP contribution >= 0.6 is 9.47 Å². The molecule has 0 N–H and O–H groups in total. The molecule has 0 aliphatic rings. The second-order valence-corrected chi connectivity index (χ2v) is 3.28. The second kappa shape index (κ2) is 5.72. The first-order chi connectivity index (χ1) is 7.33. The summed E-state index contributed by atoms with van der Waals surface area (Å²) in [5.41, 5.74) is 1.28. The molecule has 0 aromatic heterocycles. The Morgan fingerprint density at radius 3 is 2.13 bits per heavy atom. The van der Waals surface area contributed by atoms with Crippen molar-refractivity contribution in [2.24, 2.45) is 0 Å². The molecular formula is C13H17OP. The Bertz CT molecular complexity index is 437. The number of benzene rings is 2. The lowest BCUT2D eigenvalue weighted by Crippen LogP contribution is -1.81. The third-order valence-electron chi connectivity index (χ3n) is 2.23. The van der Waals surface area contributed by atoms with Crippen molar-refractivity contribution in [2.75, 3.05) is 0 Å². The molecule has 1 nitrogen and oxygen atoms in total. The summed E-state index contributed by atoms with van der Waals surface area (Å²) in [6.07, 6.45) is 0. The maximum atomic E-state index is 5.20. The maximum absolute atomic E-state index is 5.20. The summed E-state index contributed by atoms with van der Waals surface area (Å²) in [6.45, 7) is 6.11. The molecule has 0 saturated heterocycles. The van der Waals surface area contributed by atoms with E-state index in [4.69, 9.17) is 4.52 Å². The third-order valence-corrected chi connectivity index (χ3v) is 2.48. The summed E-state index contributed by atoms with van der Waals surface area (Å²) in [7, 11) is 2.28. The van der Waals surface area contributed by atoms with Gasteiger partial charge in [0, 0.05) is 5.39 Å². The highest BCUT2D eigenvalue weighted by Crippen LogP contribution is 2.28. The van der Waals surface area contributed by atoms with Gasteiger partial charge in [-0.15, -0.1) is 0 Å². The van der Waals surface area contributed by atoms with Crippen molar-refractivity contribution < 1.29 is 4.52 Å². The van der Waals surface area contributed by atoms with Gasteiger partial charge < -0.3 is 4.52 Å². The minimum absolute atomic E-state index is 0.909. The Labute approximate surface area is 93.7 Å². The van der Waals surface area contributed by atoms with E-state index in [2.05, 4.69) is 34.6 Å². The zero-order chi connectivity index (χ0) is 11.3. The van der Waals surface area contributed by atoms with Crippen molar-refractivity contribution in [1.29, 1.82) is 0 Å². The molecule has 0 radical (unpaired) electrons. The second-order valence-electron chi connectivity index (χ2n) is 3.04. The predicted molar refractivity (Wildman–Crippen MR) is 70.4 cm³/mol. The average molecular weight is 220 g/mol. The van der Waals surface area contributed by atoms with Gasteiger partial charge in [-0.05, 0) is 23.9 Å². The Balaban J connectivity index is 0.000000531. The first kappa shape index (κ1) is 12.0. The van der Waals surface area contributed by atoms with E-state index in [0.717, 1.165) is 11.1 Å². The van der Waals surface area contributed by atoms with Crippen LogP contribution in [0.1, 0.15) is 19.4 Å². The maximum Gasteiger partial charge on any atom is 0.130 e. The smallest absolute Gasteiger partial charge is 0.130 e. The molecule has 0 bridgehead atoms. The Hall–Kier alpha value is -1.07. The molecule has 2 heteroatoms. The molecule has 0 heterocycles. The van der Waals surface area contributed by atoms with E-state index in [1.807, 2.05) is 32.0 Å². The highest BCUT2D eigenvalue weighted by molar-refractivity contribution is 7.10. The number of aryl methyl sites for hydroxylation is 1. The summed E-state index contributed by atoms with van der Waals surface area (Å²) >= 11 is 0. The Kier molecular flexibility index (Phi) is 4.58. The number of fused-ring (bicyclic) bond motifs is 1. The van der Waals surface area contributed by atoms with Crippen molar-refractivity contribution in [3.8, 4) is 5.75 Å². The lowest BCUT2D eigenvalue weighted by atomic mass is 10.1. The molecule has 0 spiro atoms. The van der Waals surface area contributed by atoms with Gasteiger partial charge in [0.05, 0.1) is 9.47 Å². The normalized spacial score (nSPS) is 9.33. The Morgan fingerprint density at radius 1 is 0.933 bits per heavy atom. The van der Waals surface area contributed by atoms with E-state index in [1.165, 1.54) is 10.9 Å². The number of hydrogen-bond donors (Lipinski definition) is 0. The van der Waals surface area contributed by atoms with E-state index < -0.39 is 0 Å².